The highest BCUT2D eigenvalue weighted by Crippen LogP contribution is 2.39. The van der Waals surface area contributed by atoms with E-state index < -0.39 is 0 Å². The van der Waals surface area contributed by atoms with Crippen LogP contribution in [-0.4, -0.2) is 34.3 Å². The molecule has 0 amide bonds. The predicted molar refractivity (Wildman–Crippen MR) is 66.5 cm³/mol. The molecule has 0 aromatic carbocycles. The van der Waals surface area contributed by atoms with Crippen LogP contribution in [0.4, 0.5) is 5.82 Å². The minimum atomic E-state index is -0.248. The summed E-state index contributed by atoms with van der Waals surface area (Å²) in [5, 5.41) is 10.2. The van der Waals surface area contributed by atoms with Gasteiger partial charge in [-0.25, -0.2) is 9.97 Å². The van der Waals surface area contributed by atoms with Gasteiger partial charge < -0.3 is 10.0 Å². The summed E-state index contributed by atoms with van der Waals surface area (Å²) in [5.74, 6) is 2.24. The van der Waals surface area contributed by atoms with Gasteiger partial charge in [-0.1, -0.05) is 11.6 Å². The number of rotatable bonds is 2. The molecule has 4 nitrogen and oxygen atoms in total. The van der Waals surface area contributed by atoms with E-state index in [9.17, 15) is 5.11 Å². The number of aliphatic hydroxyl groups excluding tert-OH is 1. The number of aromatic nitrogens is 2. The zero-order valence-corrected chi connectivity index (χ0v) is 10.4. The van der Waals surface area contributed by atoms with Gasteiger partial charge in [0, 0.05) is 25.1 Å². The molecular weight excluding hydrogens is 238 g/mol. The molecule has 0 bridgehead atoms. The van der Waals surface area contributed by atoms with Crippen molar-refractivity contribution in [1.82, 2.24) is 9.97 Å². The van der Waals surface area contributed by atoms with Crippen LogP contribution in [0, 0.1) is 0 Å². The minimum absolute atomic E-state index is 0.248. The van der Waals surface area contributed by atoms with Gasteiger partial charge in [0.2, 0.25) is 0 Å². The van der Waals surface area contributed by atoms with Gasteiger partial charge in [0.25, 0.3) is 0 Å². The number of hydrogen-bond acceptors (Lipinski definition) is 4. The van der Waals surface area contributed by atoms with Crippen LogP contribution in [0.25, 0.3) is 0 Å². The van der Waals surface area contributed by atoms with Crippen molar-refractivity contribution in [2.24, 2.45) is 0 Å². The van der Waals surface area contributed by atoms with Crippen LogP contribution in [0.3, 0.4) is 0 Å². The van der Waals surface area contributed by atoms with Crippen LogP contribution in [0.15, 0.2) is 6.07 Å². The molecule has 2 fully saturated rings. The van der Waals surface area contributed by atoms with Crippen molar-refractivity contribution < 1.29 is 5.11 Å². The lowest BCUT2D eigenvalue weighted by Crippen LogP contribution is -2.38. The lowest BCUT2D eigenvalue weighted by Gasteiger charge is -2.31. The molecule has 1 saturated heterocycles. The fraction of sp³-hybridized carbons (Fsp3) is 0.667. The second-order valence-electron chi connectivity index (χ2n) is 4.92. The average molecular weight is 254 g/mol. The van der Waals surface area contributed by atoms with Crippen molar-refractivity contribution in [2.45, 2.75) is 37.7 Å². The first-order valence-electron chi connectivity index (χ1n) is 6.20. The molecule has 1 N–H and O–H groups in total. The third-order valence-corrected chi connectivity index (χ3v) is 3.56. The molecule has 92 valence electrons. The van der Waals surface area contributed by atoms with E-state index >= 15 is 0 Å². The number of anilines is 1. The third-order valence-electron chi connectivity index (χ3n) is 3.36. The molecule has 5 heteroatoms. The lowest BCUT2D eigenvalue weighted by molar-refractivity contribution is 0.154. The zero-order valence-electron chi connectivity index (χ0n) is 9.64. The summed E-state index contributed by atoms with van der Waals surface area (Å²) in [4.78, 5) is 11.0. The first-order valence-corrected chi connectivity index (χ1v) is 6.57. The van der Waals surface area contributed by atoms with Crippen LogP contribution >= 0.6 is 11.6 Å². The second kappa shape index (κ2) is 4.42. The monoisotopic (exact) mass is 253 g/mol. The Balaban J connectivity index is 1.85. The van der Waals surface area contributed by atoms with Crippen molar-refractivity contribution in [3.8, 4) is 0 Å². The van der Waals surface area contributed by atoms with Gasteiger partial charge in [0.05, 0.1) is 6.10 Å². The largest absolute Gasteiger partial charge is 0.391 e. The summed E-state index contributed by atoms with van der Waals surface area (Å²) in [6.07, 6.45) is 3.97. The molecule has 2 heterocycles. The average Bonchev–Trinajstić information content (AvgIpc) is 3.12. The number of piperidine rings is 1. The van der Waals surface area contributed by atoms with Gasteiger partial charge in [-0.3, -0.25) is 0 Å². The van der Waals surface area contributed by atoms with Crippen LogP contribution < -0.4 is 4.90 Å². The summed E-state index contributed by atoms with van der Waals surface area (Å²) in [5.41, 5.74) is 0. The maximum Gasteiger partial charge on any atom is 0.135 e. The molecule has 3 rings (SSSR count). The highest BCUT2D eigenvalue weighted by molar-refractivity contribution is 6.29. The number of hydrogen-bond donors (Lipinski definition) is 1. The number of β-amino-alcohol motifs (C(OH)–C–C–N with tert-alkyl or cyclic N) is 1. The Morgan fingerprint density at radius 1 is 1.29 bits per heavy atom. The van der Waals surface area contributed by atoms with Crippen molar-refractivity contribution >= 4 is 17.4 Å². The van der Waals surface area contributed by atoms with Crippen molar-refractivity contribution in [3.05, 3.63) is 17.0 Å². The van der Waals surface area contributed by atoms with E-state index in [0.29, 0.717) is 17.6 Å². The standard InChI is InChI=1S/C12H16ClN3O/c13-10-6-11(15-12(14-10)8-3-4-8)16-5-1-2-9(17)7-16/h6,8-9,17H,1-5,7H2/t9-/m0/s1. The first-order chi connectivity index (χ1) is 8.22. The van der Waals surface area contributed by atoms with Crippen LogP contribution in [-0.2, 0) is 0 Å². The quantitative estimate of drug-likeness (QED) is 0.819. The summed E-state index contributed by atoms with van der Waals surface area (Å²) in [6, 6.07) is 1.80. The third kappa shape index (κ3) is 2.53. The van der Waals surface area contributed by atoms with Crippen molar-refractivity contribution in [2.75, 3.05) is 18.0 Å². The van der Waals surface area contributed by atoms with Gasteiger partial charge >= 0.3 is 0 Å². The van der Waals surface area contributed by atoms with E-state index in [4.69, 9.17) is 11.6 Å². The Labute approximate surface area is 106 Å². The van der Waals surface area contributed by atoms with Gasteiger partial charge in [0.15, 0.2) is 0 Å². The topological polar surface area (TPSA) is 49.2 Å². The maximum absolute atomic E-state index is 9.68. The molecule has 0 radical (unpaired) electrons. The molecule has 1 aromatic rings. The molecule has 1 aliphatic heterocycles. The molecule has 17 heavy (non-hydrogen) atoms. The predicted octanol–water partition coefficient (Wildman–Crippen LogP) is 1.97. The van der Waals surface area contributed by atoms with Crippen LogP contribution in [0.1, 0.15) is 37.4 Å². The number of nitrogens with zero attached hydrogens (tertiary/aromatic N) is 3. The Bertz CT molecular complexity index is 422. The first kappa shape index (κ1) is 11.2. The number of halogens is 1. The summed E-state index contributed by atoms with van der Waals surface area (Å²) >= 11 is 6.04. The van der Waals surface area contributed by atoms with Crippen LogP contribution in [0.2, 0.25) is 5.15 Å². The maximum atomic E-state index is 9.68. The van der Waals surface area contributed by atoms with Gasteiger partial charge in [-0.15, -0.1) is 0 Å². The van der Waals surface area contributed by atoms with E-state index in [2.05, 4.69) is 14.9 Å². The molecule has 1 aliphatic carbocycles. The van der Waals surface area contributed by atoms with Gasteiger partial charge in [0.1, 0.15) is 16.8 Å². The smallest absolute Gasteiger partial charge is 0.135 e. The molecule has 0 unspecified atom stereocenters. The second-order valence-corrected chi connectivity index (χ2v) is 5.31. The fourth-order valence-electron chi connectivity index (χ4n) is 2.27. The van der Waals surface area contributed by atoms with E-state index in [1.165, 1.54) is 12.8 Å². The van der Waals surface area contributed by atoms with Crippen molar-refractivity contribution in [1.29, 1.82) is 0 Å². The SMILES string of the molecule is O[C@H]1CCCN(c2cc(Cl)nc(C3CC3)n2)C1. The van der Waals surface area contributed by atoms with E-state index in [-0.39, 0.29) is 6.10 Å². The Kier molecular flexibility index (Phi) is 2.92. The lowest BCUT2D eigenvalue weighted by atomic mass is 10.1. The van der Waals surface area contributed by atoms with E-state index in [0.717, 1.165) is 31.0 Å². The van der Waals surface area contributed by atoms with Crippen molar-refractivity contribution in [3.63, 3.8) is 0 Å². The zero-order chi connectivity index (χ0) is 11.8. The molecule has 2 aliphatic rings. The summed E-state index contributed by atoms with van der Waals surface area (Å²) in [6.45, 7) is 1.59. The molecule has 1 saturated carbocycles. The number of aliphatic hydroxyl groups is 1. The summed E-state index contributed by atoms with van der Waals surface area (Å²) < 4.78 is 0. The van der Waals surface area contributed by atoms with Crippen LogP contribution in [0.5, 0.6) is 0 Å². The van der Waals surface area contributed by atoms with Gasteiger partial charge in [-0.05, 0) is 25.7 Å². The minimum Gasteiger partial charge on any atom is -0.391 e. The highest BCUT2D eigenvalue weighted by atomic mass is 35.5. The van der Waals surface area contributed by atoms with E-state index in [1.54, 1.807) is 6.07 Å². The Hall–Kier alpha value is -0.870. The Morgan fingerprint density at radius 2 is 2.12 bits per heavy atom. The molecular formula is C12H16ClN3O. The molecule has 1 aromatic heterocycles. The molecule has 1 atom stereocenters. The highest BCUT2D eigenvalue weighted by Gasteiger charge is 2.28. The normalized spacial score (nSPS) is 25.1. The fourth-order valence-corrected chi connectivity index (χ4v) is 2.46. The summed E-state index contributed by atoms with van der Waals surface area (Å²) in [7, 11) is 0. The Morgan fingerprint density at radius 3 is 2.82 bits per heavy atom. The van der Waals surface area contributed by atoms with Gasteiger partial charge in [-0.2, -0.15) is 0 Å². The van der Waals surface area contributed by atoms with E-state index in [1.807, 2.05) is 0 Å². The molecule has 0 spiro atoms.